The van der Waals surface area contributed by atoms with E-state index in [1.165, 1.54) is 0 Å². The number of phenols is 1. The zero-order valence-electron chi connectivity index (χ0n) is 14.6. The summed E-state index contributed by atoms with van der Waals surface area (Å²) in [6.07, 6.45) is 1.67. The Morgan fingerprint density at radius 1 is 0.893 bits per heavy atom. The van der Waals surface area contributed by atoms with Gasteiger partial charge in [-0.1, -0.05) is 41.9 Å². The van der Waals surface area contributed by atoms with Crippen molar-refractivity contribution in [1.29, 1.82) is 0 Å². The molecule has 0 radical (unpaired) electrons. The summed E-state index contributed by atoms with van der Waals surface area (Å²) in [7, 11) is 0. The van der Waals surface area contributed by atoms with Crippen molar-refractivity contribution in [3.63, 3.8) is 0 Å². The monoisotopic (exact) mass is 397 g/mol. The van der Waals surface area contributed by atoms with E-state index in [1.807, 2.05) is 18.2 Å². The number of para-hydroxylation sites is 1. The lowest BCUT2D eigenvalue weighted by Gasteiger charge is -2.08. The quantitative estimate of drug-likeness (QED) is 0.508. The molecule has 0 aliphatic heterocycles. The molecule has 1 heterocycles. The van der Waals surface area contributed by atoms with E-state index in [9.17, 15) is 18.9 Å². The minimum atomic E-state index is -1.21. The fourth-order valence-electron chi connectivity index (χ4n) is 2.64. The molecule has 0 spiro atoms. The molecule has 2 N–H and O–H groups in total. The molecule has 3 aromatic carbocycles. The van der Waals surface area contributed by atoms with Gasteiger partial charge < -0.3 is 10.1 Å². The normalized spacial score (nSPS) is 10.3. The van der Waals surface area contributed by atoms with Crippen molar-refractivity contribution in [2.24, 2.45) is 0 Å². The van der Waals surface area contributed by atoms with E-state index in [2.05, 4.69) is 4.98 Å². The molecule has 0 amide bonds. The third-order valence-corrected chi connectivity index (χ3v) is 4.30. The summed E-state index contributed by atoms with van der Waals surface area (Å²) in [5.41, 5.74) is 1.03. The summed E-state index contributed by atoms with van der Waals surface area (Å²) in [5, 5.41) is 20.7. The van der Waals surface area contributed by atoms with Crippen LogP contribution in [0, 0.1) is 11.6 Å². The SMILES string of the molecule is OB(c1ccc(Cl)cc1)c1cc(F)ccc1F.Oc1cccc2cccnc12. The third kappa shape index (κ3) is 4.66. The first kappa shape index (κ1) is 19.8. The number of rotatable bonds is 2. The molecule has 7 heteroatoms. The number of hydrogen-bond acceptors (Lipinski definition) is 3. The van der Waals surface area contributed by atoms with Gasteiger partial charge in [0.15, 0.2) is 0 Å². The lowest BCUT2D eigenvalue weighted by atomic mass is 9.56. The number of aromatic nitrogens is 1. The minimum absolute atomic E-state index is 0.0904. The van der Waals surface area contributed by atoms with E-state index in [-0.39, 0.29) is 11.2 Å². The van der Waals surface area contributed by atoms with Crippen LogP contribution in [0.4, 0.5) is 8.78 Å². The van der Waals surface area contributed by atoms with Crippen LogP contribution in [0.15, 0.2) is 79.0 Å². The predicted octanol–water partition coefficient (Wildman–Crippen LogP) is 3.66. The average Bonchev–Trinajstić information content (AvgIpc) is 2.71. The van der Waals surface area contributed by atoms with Crippen LogP contribution in [-0.4, -0.2) is 22.0 Å². The average molecular weight is 398 g/mol. The molecule has 1 aromatic heterocycles. The fraction of sp³-hybridized carbons (Fsp3) is 0. The molecule has 4 aromatic rings. The molecular weight excluding hydrogens is 382 g/mol. The molecular formula is C21H15BClF2NO2. The Morgan fingerprint density at radius 3 is 2.32 bits per heavy atom. The van der Waals surface area contributed by atoms with Gasteiger partial charge in [-0.15, -0.1) is 0 Å². The standard InChI is InChI=1S/C12H8BClF2O.C9H7NO/c14-9-3-1-8(2-4-9)13(17)11-7-10(15)5-6-12(11)16;11-8-5-1-3-7-4-2-6-10-9(7)8/h1-7,17H;1-6,11H. The highest BCUT2D eigenvalue weighted by Gasteiger charge is 2.21. The molecule has 0 atom stereocenters. The van der Waals surface area contributed by atoms with Gasteiger partial charge in [-0.2, -0.15) is 0 Å². The number of halogens is 3. The zero-order valence-corrected chi connectivity index (χ0v) is 15.3. The van der Waals surface area contributed by atoms with Crippen molar-refractivity contribution in [1.82, 2.24) is 4.98 Å². The summed E-state index contributed by atoms with van der Waals surface area (Å²) in [5.74, 6) is -0.994. The smallest absolute Gasteiger partial charge is 0.362 e. The predicted molar refractivity (Wildman–Crippen MR) is 108 cm³/mol. The van der Waals surface area contributed by atoms with Gasteiger partial charge >= 0.3 is 6.92 Å². The Morgan fingerprint density at radius 2 is 1.61 bits per heavy atom. The van der Waals surface area contributed by atoms with E-state index in [0.717, 1.165) is 23.6 Å². The number of phenolic OH excluding ortho intramolecular Hbond substituents is 1. The molecule has 0 saturated heterocycles. The molecule has 0 saturated carbocycles. The Kier molecular flexibility index (Phi) is 6.24. The topological polar surface area (TPSA) is 53.4 Å². The van der Waals surface area contributed by atoms with Gasteiger partial charge in [-0.25, -0.2) is 8.78 Å². The minimum Gasteiger partial charge on any atom is -0.506 e. The van der Waals surface area contributed by atoms with Gasteiger partial charge in [-0.3, -0.25) is 4.98 Å². The van der Waals surface area contributed by atoms with Crippen molar-refractivity contribution in [2.45, 2.75) is 0 Å². The second kappa shape index (κ2) is 8.82. The second-order valence-corrected chi connectivity index (χ2v) is 6.41. The van der Waals surface area contributed by atoms with Gasteiger partial charge in [0.1, 0.15) is 22.9 Å². The van der Waals surface area contributed by atoms with Crippen LogP contribution in [0.3, 0.4) is 0 Å². The van der Waals surface area contributed by atoms with Crippen molar-refractivity contribution in [3.8, 4) is 5.75 Å². The second-order valence-electron chi connectivity index (χ2n) is 5.97. The molecule has 4 rings (SSSR count). The van der Waals surface area contributed by atoms with Crippen LogP contribution in [0.2, 0.25) is 5.02 Å². The lowest BCUT2D eigenvalue weighted by Crippen LogP contribution is -2.44. The number of nitrogens with zero attached hydrogens (tertiary/aromatic N) is 1. The maximum Gasteiger partial charge on any atom is 0.362 e. The van der Waals surface area contributed by atoms with E-state index in [0.29, 0.717) is 16.0 Å². The maximum absolute atomic E-state index is 13.4. The zero-order chi connectivity index (χ0) is 20.1. The highest BCUT2D eigenvalue weighted by molar-refractivity contribution is 6.79. The van der Waals surface area contributed by atoms with E-state index >= 15 is 0 Å². The highest BCUT2D eigenvalue weighted by atomic mass is 35.5. The van der Waals surface area contributed by atoms with E-state index in [4.69, 9.17) is 11.6 Å². The van der Waals surface area contributed by atoms with E-state index < -0.39 is 18.6 Å². The van der Waals surface area contributed by atoms with Gasteiger partial charge in [0.05, 0.1) is 0 Å². The van der Waals surface area contributed by atoms with Crippen molar-refractivity contribution >= 4 is 40.3 Å². The first-order chi connectivity index (χ1) is 13.5. The van der Waals surface area contributed by atoms with Gasteiger partial charge in [-0.05, 0) is 53.4 Å². The molecule has 0 bridgehead atoms. The highest BCUT2D eigenvalue weighted by Crippen LogP contribution is 2.20. The van der Waals surface area contributed by atoms with Crippen molar-refractivity contribution in [3.05, 3.63) is 95.7 Å². The molecule has 0 aliphatic carbocycles. The van der Waals surface area contributed by atoms with Crippen molar-refractivity contribution < 1.29 is 18.9 Å². The number of aromatic hydroxyl groups is 1. The fourth-order valence-corrected chi connectivity index (χ4v) is 2.76. The van der Waals surface area contributed by atoms with Gasteiger partial charge in [0.2, 0.25) is 0 Å². The number of hydrogen-bond donors (Lipinski definition) is 2. The molecule has 3 nitrogen and oxygen atoms in total. The summed E-state index contributed by atoms with van der Waals surface area (Å²) in [4.78, 5) is 4.03. The van der Waals surface area contributed by atoms with Crippen molar-refractivity contribution in [2.75, 3.05) is 0 Å². The lowest BCUT2D eigenvalue weighted by molar-refractivity contribution is 0.480. The largest absolute Gasteiger partial charge is 0.506 e. The Hall–Kier alpha value is -2.96. The number of pyridine rings is 1. The molecule has 0 unspecified atom stereocenters. The number of fused-ring (bicyclic) bond motifs is 1. The van der Waals surface area contributed by atoms with E-state index in [1.54, 1.807) is 42.6 Å². The van der Waals surface area contributed by atoms with Crippen LogP contribution in [0.5, 0.6) is 5.75 Å². The third-order valence-electron chi connectivity index (χ3n) is 4.05. The molecule has 28 heavy (non-hydrogen) atoms. The Balaban J connectivity index is 0.000000176. The first-order valence-electron chi connectivity index (χ1n) is 8.37. The first-order valence-corrected chi connectivity index (χ1v) is 8.74. The summed E-state index contributed by atoms with van der Waals surface area (Å²) in [6, 6.07) is 18.4. The molecule has 0 aliphatic rings. The van der Waals surface area contributed by atoms with Crippen LogP contribution in [0.25, 0.3) is 10.9 Å². The van der Waals surface area contributed by atoms with Crippen LogP contribution in [0.1, 0.15) is 0 Å². The Labute approximate surface area is 166 Å². The summed E-state index contributed by atoms with van der Waals surface area (Å²) in [6.45, 7) is -1.21. The van der Waals surface area contributed by atoms with Gasteiger partial charge in [0, 0.05) is 16.6 Å². The van der Waals surface area contributed by atoms with Gasteiger partial charge in [0.25, 0.3) is 0 Å². The van der Waals surface area contributed by atoms with Crippen LogP contribution in [-0.2, 0) is 0 Å². The maximum atomic E-state index is 13.4. The van der Waals surface area contributed by atoms with Crippen LogP contribution < -0.4 is 10.9 Å². The molecule has 140 valence electrons. The molecule has 0 fully saturated rings. The summed E-state index contributed by atoms with van der Waals surface area (Å²) < 4.78 is 26.4. The Bertz CT molecular complexity index is 1090. The number of benzene rings is 3. The van der Waals surface area contributed by atoms with Crippen LogP contribution >= 0.6 is 11.6 Å². The summed E-state index contributed by atoms with van der Waals surface area (Å²) >= 11 is 5.70.